The lowest BCUT2D eigenvalue weighted by molar-refractivity contribution is 0.260. The highest BCUT2D eigenvalue weighted by atomic mass is 16.1. The lowest BCUT2D eigenvalue weighted by Gasteiger charge is -2.37. The van der Waals surface area contributed by atoms with Gasteiger partial charge in [-0.05, 0) is 12.8 Å². The molecule has 1 aliphatic rings. The molecule has 7 nitrogen and oxygen atoms in total. The van der Waals surface area contributed by atoms with Crippen LogP contribution in [0.3, 0.4) is 0 Å². The van der Waals surface area contributed by atoms with Gasteiger partial charge < -0.3 is 16.5 Å². The molecule has 1 fully saturated rings. The maximum Gasteiger partial charge on any atom is 0.278 e. The summed E-state index contributed by atoms with van der Waals surface area (Å²) in [5.74, 6) is 0.812. The van der Waals surface area contributed by atoms with Crippen LogP contribution in [-0.4, -0.2) is 26.0 Å². The van der Waals surface area contributed by atoms with Crippen LogP contribution in [0.4, 0.5) is 5.95 Å². The summed E-state index contributed by atoms with van der Waals surface area (Å²) in [5.41, 5.74) is 12.0. The van der Waals surface area contributed by atoms with Crippen LogP contribution in [0.25, 0.3) is 11.2 Å². The number of nitrogens with one attached hydrogen (secondary N) is 2. The molecule has 0 aliphatic heterocycles. The van der Waals surface area contributed by atoms with E-state index in [0.29, 0.717) is 11.2 Å². The van der Waals surface area contributed by atoms with Gasteiger partial charge in [0.25, 0.3) is 5.56 Å². The van der Waals surface area contributed by atoms with E-state index in [0.717, 1.165) is 31.5 Å². The average Bonchev–Trinajstić information content (AvgIpc) is 2.77. The third-order valence-electron chi connectivity index (χ3n) is 4.20. The van der Waals surface area contributed by atoms with Crippen LogP contribution in [0.5, 0.6) is 0 Å². The Hall–Kier alpha value is -1.89. The number of nitrogens with zero attached hydrogens (tertiary/aromatic N) is 2. The van der Waals surface area contributed by atoms with Gasteiger partial charge in [0.15, 0.2) is 11.2 Å². The zero-order chi connectivity index (χ0) is 13.6. The molecule has 0 bridgehead atoms. The third kappa shape index (κ3) is 1.81. The highest BCUT2D eigenvalue weighted by Gasteiger charge is 2.38. The minimum absolute atomic E-state index is 0.0400. The highest BCUT2D eigenvalue weighted by Crippen LogP contribution is 2.37. The summed E-state index contributed by atoms with van der Waals surface area (Å²) in [4.78, 5) is 25.8. The van der Waals surface area contributed by atoms with Crippen molar-refractivity contribution in [2.24, 2.45) is 5.73 Å². The lowest BCUT2D eigenvalue weighted by atomic mass is 9.71. The van der Waals surface area contributed by atoms with Gasteiger partial charge in [0.2, 0.25) is 5.95 Å². The van der Waals surface area contributed by atoms with Crippen molar-refractivity contribution in [2.45, 2.75) is 44.1 Å². The van der Waals surface area contributed by atoms with Gasteiger partial charge in [-0.2, -0.15) is 4.98 Å². The standard InChI is InChI=1S/C12H18N6O/c1-12(5-3-2-4-6(12)13)10-15-7-8(16-10)17-11(14)18-9(7)19/h6H,2-5,13H2,1H3,(H4,14,15,16,17,18,19). The van der Waals surface area contributed by atoms with E-state index in [9.17, 15) is 4.79 Å². The van der Waals surface area contributed by atoms with Gasteiger partial charge >= 0.3 is 0 Å². The number of nitrogens with two attached hydrogens (primary N) is 2. The number of fused-ring (bicyclic) bond motifs is 1. The maximum atomic E-state index is 11.8. The van der Waals surface area contributed by atoms with E-state index in [-0.39, 0.29) is 23.0 Å². The monoisotopic (exact) mass is 262 g/mol. The first kappa shape index (κ1) is 12.2. The molecule has 0 aromatic carbocycles. The Kier molecular flexibility index (Phi) is 2.60. The molecule has 7 heteroatoms. The van der Waals surface area contributed by atoms with Crippen LogP contribution in [0.15, 0.2) is 4.79 Å². The quantitative estimate of drug-likeness (QED) is 0.591. The van der Waals surface area contributed by atoms with Crippen LogP contribution in [-0.2, 0) is 5.41 Å². The molecule has 1 aliphatic carbocycles. The fraction of sp³-hybridized carbons (Fsp3) is 0.583. The molecule has 3 rings (SSSR count). The molecule has 102 valence electrons. The van der Waals surface area contributed by atoms with Crippen LogP contribution < -0.4 is 17.0 Å². The zero-order valence-corrected chi connectivity index (χ0v) is 10.9. The van der Waals surface area contributed by atoms with Crippen LogP contribution in [0.2, 0.25) is 0 Å². The summed E-state index contributed by atoms with van der Waals surface area (Å²) in [6.45, 7) is 2.09. The second kappa shape index (κ2) is 4.06. The van der Waals surface area contributed by atoms with E-state index >= 15 is 0 Å². The Morgan fingerprint density at radius 1 is 1.32 bits per heavy atom. The number of hydrogen-bond donors (Lipinski definition) is 4. The molecule has 2 aromatic rings. The number of hydrogen-bond acceptors (Lipinski definition) is 5. The average molecular weight is 262 g/mol. The Morgan fingerprint density at radius 3 is 2.84 bits per heavy atom. The van der Waals surface area contributed by atoms with Crippen molar-refractivity contribution in [1.82, 2.24) is 19.9 Å². The minimum atomic E-state index is -0.297. The molecule has 0 amide bonds. The second-order valence-corrected chi connectivity index (χ2v) is 5.50. The number of rotatable bonds is 1. The summed E-state index contributed by atoms with van der Waals surface area (Å²) in [7, 11) is 0. The molecule has 2 atom stereocenters. The summed E-state index contributed by atoms with van der Waals surface area (Å²) >= 11 is 0. The summed E-state index contributed by atoms with van der Waals surface area (Å²) in [6.07, 6.45) is 4.19. The number of imidazole rings is 1. The summed E-state index contributed by atoms with van der Waals surface area (Å²) in [6, 6.07) is 0.0400. The molecule has 2 heterocycles. The fourth-order valence-electron chi connectivity index (χ4n) is 2.85. The van der Waals surface area contributed by atoms with Crippen LogP contribution in [0, 0.1) is 0 Å². The molecule has 19 heavy (non-hydrogen) atoms. The van der Waals surface area contributed by atoms with Crippen molar-refractivity contribution in [3.8, 4) is 0 Å². The molecule has 0 radical (unpaired) electrons. The van der Waals surface area contributed by atoms with Gasteiger partial charge in [0, 0.05) is 11.5 Å². The zero-order valence-electron chi connectivity index (χ0n) is 10.9. The molecule has 1 saturated carbocycles. The van der Waals surface area contributed by atoms with Crippen molar-refractivity contribution in [3.63, 3.8) is 0 Å². The van der Waals surface area contributed by atoms with Gasteiger partial charge in [-0.15, -0.1) is 0 Å². The largest absolute Gasteiger partial charge is 0.369 e. The van der Waals surface area contributed by atoms with Gasteiger partial charge in [0.1, 0.15) is 5.82 Å². The van der Waals surface area contributed by atoms with Crippen molar-refractivity contribution in [3.05, 3.63) is 16.2 Å². The smallest absolute Gasteiger partial charge is 0.278 e. The van der Waals surface area contributed by atoms with Crippen molar-refractivity contribution >= 4 is 17.1 Å². The second-order valence-electron chi connectivity index (χ2n) is 5.50. The van der Waals surface area contributed by atoms with E-state index < -0.39 is 0 Å². The van der Waals surface area contributed by atoms with Crippen molar-refractivity contribution in [1.29, 1.82) is 0 Å². The first-order valence-corrected chi connectivity index (χ1v) is 6.52. The first-order valence-electron chi connectivity index (χ1n) is 6.52. The van der Waals surface area contributed by atoms with Crippen LogP contribution >= 0.6 is 0 Å². The number of nitrogen functional groups attached to an aromatic ring is 1. The van der Waals surface area contributed by atoms with E-state index in [4.69, 9.17) is 11.5 Å². The molecular formula is C12H18N6O. The number of aromatic nitrogens is 4. The Bertz CT molecular complexity index is 674. The van der Waals surface area contributed by atoms with Crippen molar-refractivity contribution < 1.29 is 0 Å². The molecule has 6 N–H and O–H groups in total. The predicted octanol–water partition coefficient (Wildman–Crippen LogP) is 0.387. The summed E-state index contributed by atoms with van der Waals surface area (Å²) < 4.78 is 0. The van der Waals surface area contributed by atoms with Gasteiger partial charge in [-0.3, -0.25) is 9.78 Å². The van der Waals surface area contributed by atoms with Gasteiger partial charge in [0.05, 0.1) is 0 Å². The Morgan fingerprint density at radius 2 is 2.11 bits per heavy atom. The predicted molar refractivity (Wildman–Crippen MR) is 72.7 cm³/mol. The number of H-pyrrole nitrogens is 2. The first-order chi connectivity index (χ1) is 9.00. The molecular weight excluding hydrogens is 244 g/mol. The Balaban J connectivity index is 2.15. The summed E-state index contributed by atoms with van der Waals surface area (Å²) in [5, 5.41) is 0. The SMILES string of the molecule is CC1(c2nc3nc(N)[nH]c(=O)c3[nH]2)CCCCC1N. The normalized spacial score (nSPS) is 27.8. The maximum absolute atomic E-state index is 11.8. The van der Waals surface area contributed by atoms with Crippen molar-refractivity contribution in [2.75, 3.05) is 5.73 Å². The van der Waals surface area contributed by atoms with E-state index in [1.165, 1.54) is 0 Å². The number of aromatic amines is 2. The van der Waals surface area contributed by atoms with Gasteiger partial charge in [-0.25, -0.2) is 4.98 Å². The van der Waals surface area contributed by atoms with E-state index in [1.807, 2.05) is 0 Å². The third-order valence-corrected chi connectivity index (χ3v) is 4.20. The van der Waals surface area contributed by atoms with Crippen LogP contribution in [0.1, 0.15) is 38.4 Å². The minimum Gasteiger partial charge on any atom is -0.369 e. The van der Waals surface area contributed by atoms with E-state index in [1.54, 1.807) is 0 Å². The molecule has 0 spiro atoms. The lowest BCUT2D eigenvalue weighted by Crippen LogP contribution is -2.46. The number of anilines is 1. The molecule has 0 saturated heterocycles. The molecule has 2 aromatic heterocycles. The fourth-order valence-corrected chi connectivity index (χ4v) is 2.85. The Labute approximate surface area is 109 Å². The highest BCUT2D eigenvalue weighted by molar-refractivity contribution is 5.70. The topological polar surface area (TPSA) is 126 Å². The van der Waals surface area contributed by atoms with E-state index in [2.05, 4.69) is 26.9 Å². The molecule has 2 unspecified atom stereocenters. The van der Waals surface area contributed by atoms with Gasteiger partial charge in [-0.1, -0.05) is 19.8 Å².